The number of amides is 1. The molecule has 4 rings (SSSR count). The summed E-state index contributed by atoms with van der Waals surface area (Å²) in [5.41, 5.74) is 0.507. The molecule has 2 aliphatic rings. The Labute approximate surface area is 177 Å². The number of hydrogen-bond donors (Lipinski definition) is 1. The third kappa shape index (κ3) is 3.96. The molecule has 2 aliphatic heterocycles. The van der Waals surface area contributed by atoms with E-state index in [2.05, 4.69) is 24.0 Å². The van der Waals surface area contributed by atoms with Crippen LogP contribution in [0.1, 0.15) is 43.5 Å². The van der Waals surface area contributed by atoms with Gasteiger partial charge in [-0.25, -0.2) is 8.42 Å². The molecule has 0 spiro atoms. The van der Waals surface area contributed by atoms with Crippen LogP contribution in [0.4, 0.5) is 0 Å². The molecule has 1 N–H and O–H groups in total. The first-order valence-corrected chi connectivity index (χ1v) is 11.9. The number of aromatic nitrogens is 2. The highest BCUT2D eigenvalue weighted by Crippen LogP contribution is 2.36. The Morgan fingerprint density at radius 3 is 2.77 bits per heavy atom. The number of benzene rings is 1. The molecule has 0 saturated carbocycles. The number of likely N-dealkylation sites (tertiary alicyclic amines) is 1. The van der Waals surface area contributed by atoms with Crippen LogP contribution in [-0.4, -0.2) is 65.5 Å². The number of H-pyrrole nitrogens is 1. The number of hydrogen-bond acceptors (Lipinski definition) is 5. The van der Waals surface area contributed by atoms with Crippen molar-refractivity contribution in [2.45, 2.75) is 50.2 Å². The summed E-state index contributed by atoms with van der Waals surface area (Å²) >= 11 is 0. The summed E-state index contributed by atoms with van der Waals surface area (Å²) in [7, 11) is -3.69. The van der Waals surface area contributed by atoms with Gasteiger partial charge in [-0.05, 0) is 30.9 Å². The van der Waals surface area contributed by atoms with Gasteiger partial charge in [0.1, 0.15) is 16.7 Å². The van der Waals surface area contributed by atoms with E-state index in [4.69, 9.17) is 4.74 Å². The summed E-state index contributed by atoms with van der Waals surface area (Å²) in [6.07, 6.45) is 4.64. The minimum Gasteiger partial charge on any atom is -0.487 e. The third-order valence-corrected chi connectivity index (χ3v) is 7.81. The number of sulfonamides is 1. The molecule has 2 aromatic rings. The molecule has 1 amide bonds. The molecule has 1 aromatic carbocycles. The maximum absolute atomic E-state index is 13.6. The number of nitrogens with one attached hydrogen (secondary N) is 1. The van der Waals surface area contributed by atoms with Crippen LogP contribution in [0.5, 0.6) is 5.75 Å². The van der Waals surface area contributed by atoms with Crippen molar-refractivity contribution >= 4 is 15.9 Å². The number of carbonyl (C=O) groups is 1. The van der Waals surface area contributed by atoms with Crippen molar-refractivity contribution in [1.29, 1.82) is 0 Å². The lowest BCUT2D eigenvalue weighted by molar-refractivity contribution is 0.0755. The highest BCUT2D eigenvalue weighted by molar-refractivity contribution is 7.89. The van der Waals surface area contributed by atoms with E-state index in [0.717, 1.165) is 6.42 Å². The van der Waals surface area contributed by atoms with Gasteiger partial charge in [0.25, 0.3) is 5.91 Å². The summed E-state index contributed by atoms with van der Waals surface area (Å²) in [4.78, 5) is 14.8. The van der Waals surface area contributed by atoms with Gasteiger partial charge < -0.3 is 9.64 Å². The molecule has 8 nitrogen and oxygen atoms in total. The lowest BCUT2D eigenvalue weighted by atomic mass is 10.0. The molecule has 0 radical (unpaired) electrons. The van der Waals surface area contributed by atoms with Crippen molar-refractivity contribution < 1.29 is 17.9 Å². The first kappa shape index (κ1) is 20.9. The fourth-order valence-electron chi connectivity index (χ4n) is 4.18. The second-order valence-corrected chi connectivity index (χ2v) is 10.2. The molecule has 3 heterocycles. The van der Waals surface area contributed by atoms with Crippen molar-refractivity contribution in [3.63, 3.8) is 0 Å². The van der Waals surface area contributed by atoms with Gasteiger partial charge in [0, 0.05) is 32.3 Å². The molecule has 1 fully saturated rings. The number of aromatic amines is 1. The summed E-state index contributed by atoms with van der Waals surface area (Å²) in [5.74, 6) is 0.675. The van der Waals surface area contributed by atoms with Crippen LogP contribution in [0.3, 0.4) is 0 Å². The maximum Gasteiger partial charge on any atom is 0.257 e. The second-order valence-electron chi connectivity index (χ2n) is 8.33. The topological polar surface area (TPSA) is 95.6 Å². The van der Waals surface area contributed by atoms with Gasteiger partial charge in [0.2, 0.25) is 10.0 Å². The summed E-state index contributed by atoms with van der Waals surface area (Å²) in [6, 6.07) is 6.54. The zero-order valence-corrected chi connectivity index (χ0v) is 18.1. The second kappa shape index (κ2) is 8.39. The molecule has 9 heteroatoms. The van der Waals surface area contributed by atoms with Crippen molar-refractivity contribution in [2.24, 2.45) is 5.92 Å². The zero-order valence-electron chi connectivity index (χ0n) is 17.3. The molecule has 1 aromatic heterocycles. The average Bonchev–Trinajstić information content (AvgIpc) is 3.15. The predicted octanol–water partition coefficient (Wildman–Crippen LogP) is 2.51. The van der Waals surface area contributed by atoms with Gasteiger partial charge in [-0.3, -0.25) is 9.89 Å². The number of nitrogens with zero attached hydrogens (tertiary/aromatic N) is 3. The normalized spacial score (nSPS) is 23.8. The Balaban J connectivity index is 1.66. The van der Waals surface area contributed by atoms with E-state index in [1.54, 1.807) is 39.7 Å². The quantitative estimate of drug-likeness (QED) is 0.801. The van der Waals surface area contributed by atoms with Crippen molar-refractivity contribution in [2.75, 3.05) is 19.6 Å². The van der Waals surface area contributed by atoms with Crippen molar-refractivity contribution in [1.82, 2.24) is 19.4 Å². The minimum absolute atomic E-state index is 0.0998. The monoisotopic (exact) mass is 432 g/mol. The lowest BCUT2D eigenvalue weighted by Crippen LogP contribution is -2.47. The predicted molar refractivity (Wildman–Crippen MR) is 112 cm³/mol. The van der Waals surface area contributed by atoms with Gasteiger partial charge in [0.15, 0.2) is 0 Å². The molecule has 0 aliphatic carbocycles. The van der Waals surface area contributed by atoms with Crippen LogP contribution >= 0.6 is 0 Å². The smallest absolute Gasteiger partial charge is 0.257 e. The van der Waals surface area contributed by atoms with E-state index in [1.165, 1.54) is 6.20 Å². The maximum atomic E-state index is 13.6. The van der Waals surface area contributed by atoms with Gasteiger partial charge in [-0.2, -0.15) is 9.40 Å². The van der Waals surface area contributed by atoms with Crippen LogP contribution in [0.15, 0.2) is 41.6 Å². The summed E-state index contributed by atoms with van der Waals surface area (Å²) < 4.78 is 35.0. The van der Waals surface area contributed by atoms with E-state index in [-0.39, 0.29) is 22.9 Å². The number of carbonyl (C=O) groups excluding carboxylic acids is 1. The number of para-hydroxylation sites is 1. The minimum atomic E-state index is -3.69. The van der Waals surface area contributed by atoms with E-state index in [0.29, 0.717) is 49.7 Å². The summed E-state index contributed by atoms with van der Waals surface area (Å²) in [6.45, 7) is 5.59. The number of rotatable bonds is 4. The van der Waals surface area contributed by atoms with Gasteiger partial charge in [0.05, 0.1) is 17.8 Å². The number of ether oxygens (including phenoxy) is 1. The van der Waals surface area contributed by atoms with E-state index in [1.807, 2.05) is 0 Å². The average molecular weight is 433 g/mol. The first-order chi connectivity index (χ1) is 14.4. The van der Waals surface area contributed by atoms with Crippen molar-refractivity contribution in [3.8, 4) is 5.75 Å². The van der Waals surface area contributed by atoms with E-state index < -0.39 is 10.0 Å². The van der Waals surface area contributed by atoms with Crippen molar-refractivity contribution in [3.05, 3.63) is 42.2 Å². The first-order valence-electron chi connectivity index (χ1n) is 10.4. The Hall–Kier alpha value is -2.39. The molecular weight excluding hydrogens is 404 g/mol. The molecule has 0 bridgehead atoms. The fourth-order valence-corrected chi connectivity index (χ4v) is 6.00. The van der Waals surface area contributed by atoms with Gasteiger partial charge >= 0.3 is 0 Å². The molecule has 1 saturated heterocycles. The summed E-state index contributed by atoms with van der Waals surface area (Å²) in [5, 5.41) is 6.53. The standard InChI is InChI=1S/C21H28N4O4S/c1-15(2)7-12-25-17-8-10-24(21(26)16-13-22-23-14-16)11-9-18(17)29-19-5-3-4-6-20(19)30(25,27)28/h3-6,13-15,17-18H,7-12H2,1-2H3,(H,22,23)/t17-,18-/m0/s1. The Kier molecular flexibility index (Phi) is 5.84. The highest BCUT2D eigenvalue weighted by Gasteiger charge is 2.43. The van der Waals surface area contributed by atoms with Gasteiger partial charge in [-0.15, -0.1) is 0 Å². The largest absolute Gasteiger partial charge is 0.487 e. The van der Waals surface area contributed by atoms with Crippen LogP contribution < -0.4 is 4.74 Å². The SMILES string of the molecule is CC(C)CCN1[C@H]2CCN(C(=O)c3cn[nH]c3)CC[C@@H]2Oc2ccccc2S1(=O)=O. The molecule has 162 valence electrons. The molecule has 30 heavy (non-hydrogen) atoms. The lowest BCUT2D eigenvalue weighted by Gasteiger charge is -2.32. The van der Waals surface area contributed by atoms with E-state index in [9.17, 15) is 13.2 Å². The molecule has 2 atom stereocenters. The van der Waals surface area contributed by atoms with Crippen LogP contribution in [-0.2, 0) is 10.0 Å². The van der Waals surface area contributed by atoms with Gasteiger partial charge in [-0.1, -0.05) is 26.0 Å². The number of fused-ring (bicyclic) bond motifs is 2. The van der Waals surface area contributed by atoms with Crippen LogP contribution in [0, 0.1) is 5.92 Å². The Morgan fingerprint density at radius 1 is 1.27 bits per heavy atom. The van der Waals surface area contributed by atoms with E-state index >= 15 is 0 Å². The zero-order chi connectivity index (χ0) is 21.3. The fraction of sp³-hybridized carbons (Fsp3) is 0.524. The molecular formula is C21H28N4O4S. The molecule has 0 unspecified atom stereocenters. The highest BCUT2D eigenvalue weighted by atomic mass is 32.2. The van der Waals surface area contributed by atoms with Crippen LogP contribution in [0.2, 0.25) is 0 Å². The third-order valence-electron chi connectivity index (χ3n) is 5.85. The Morgan fingerprint density at radius 2 is 2.03 bits per heavy atom. The van der Waals surface area contributed by atoms with Crippen LogP contribution in [0.25, 0.3) is 0 Å². The Bertz CT molecular complexity index is 990.